The van der Waals surface area contributed by atoms with Gasteiger partial charge in [0.2, 0.25) is 0 Å². The molecule has 0 saturated carbocycles. The number of likely N-dealkylation sites (N-methyl/N-ethyl adjacent to an activating group) is 1. The quantitative estimate of drug-likeness (QED) is 0.780. The molecule has 0 fully saturated rings. The van der Waals surface area contributed by atoms with Crippen LogP contribution in [-0.4, -0.2) is 31.6 Å². The third kappa shape index (κ3) is 4.47. The molecule has 114 valence electrons. The summed E-state index contributed by atoms with van der Waals surface area (Å²) in [4.78, 5) is 2.44. The van der Waals surface area contributed by atoms with Gasteiger partial charge in [0.1, 0.15) is 5.75 Å². The summed E-state index contributed by atoms with van der Waals surface area (Å²) in [5.74, 6) is 1.58. The molecule has 0 aliphatic heterocycles. The average molecular weight is 343 g/mol. The zero-order valence-corrected chi connectivity index (χ0v) is 14.6. The van der Waals surface area contributed by atoms with Gasteiger partial charge in [-0.05, 0) is 30.7 Å². The Kier molecular flexibility index (Phi) is 7.56. The Bertz CT molecular complexity index is 411. The molecule has 2 N–H and O–H groups in total. The molecule has 1 rings (SSSR count). The van der Waals surface area contributed by atoms with Crippen LogP contribution in [0, 0.1) is 5.92 Å². The van der Waals surface area contributed by atoms with Gasteiger partial charge in [-0.3, -0.25) is 4.90 Å². The van der Waals surface area contributed by atoms with E-state index in [0.717, 1.165) is 28.9 Å². The summed E-state index contributed by atoms with van der Waals surface area (Å²) in [5, 5.41) is 0. The fraction of sp³-hybridized carbons (Fsp3) is 0.625. The third-order valence-corrected chi connectivity index (χ3v) is 4.36. The molecule has 2 unspecified atom stereocenters. The van der Waals surface area contributed by atoms with E-state index in [-0.39, 0.29) is 6.04 Å². The zero-order chi connectivity index (χ0) is 15.1. The Hall–Kier alpha value is -0.580. The average Bonchev–Trinajstić information content (AvgIpc) is 2.46. The van der Waals surface area contributed by atoms with Crippen LogP contribution in [0.5, 0.6) is 5.75 Å². The molecule has 1 aromatic carbocycles. The lowest BCUT2D eigenvalue weighted by Gasteiger charge is -2.33. The van der Waals surface area contributed by atoms with Gasteiger partial charge < -0.3 is 10.5 Å². The summed E-state index contributed by atoms with van der Waals surface area (Å²) in [6.07, 6.45) is 1.18. The summed E-state index contributed by atoms with van der Waals surface area (Å²) in [7, 11) is 1.71. The monoisotopic (exact) mass is 342 g/mol. The molecule has 0 spiro atoms. The van der Waals surface area contributed by atoms with E-state index in [1.165, 1.54) is 6.42 Å². The van der Waals surface area contributed by atoms with E-state index in [1.807, 2.05) is 12.1 Å². The molecule has 4 heteroatoms. The number of hydrogen-bond acceptors (Lipinski definition) is 3. The van der Waals surface area contributed by atoms with E-state index in [0.29, 0.717) is 12.5 Å². The van der Waals surface area contributed by atoms with Crippen LogP contribution in [0.2, 0.25) is 0 Å². The van der Waals surface area contributed by atoms with Crippen molar-refractivity contribution in [3.8, 4) is 5.75 Å². The van der Waals surface area contributed by atoms with Crippen LogP contribution in [0.15, 0.2) is 22.7 Å². The molecule has 0 bridgehead atoms. The highest BCUT2D eigenvalue weighted by atomic mass is 79.9. The van der Waals surface area contributed by atoms with Crippen LogP contribution in [0.25, 0.3) is 0 Å². The first-order valence-corrected chi connectivity index (χ1v) is 8.14. The predicted octanol–water partition coefficient (Wildman–Crippen LogP) is 3.83. The fourth-order valence-corrected chi connectivity index (χ4v) is 2.82. The van der Waals surface area contributed by atoms with E-state index >= 15 is 0 Å². The van der Waals surface area contributed by atoms with Crippen LogP contribution in [0.4, 0.5) is 0 Å². The first-order chi connectivity index (χ1) is 9.57. The van der Waals surface area contributed by atoms with Crippen molar-refractivity contribution in [2.45, 2.75) is 33.2 Å². The summed E-state index contributed by atoms with van der Waals surface area (Å²) >= 11 is 3.54. The number of benzene rings is 1. The molecule has 0 aliphatic carbocycles. The Labute approximate surface area is 131 Å². The molecule has 0 radical (unpaired) electrons. The first kappa shape index (κ1) is 17.5. The molecule has 1 aromatic rings. The number of nitrogens with zero attached hydrogens (tertiary/aromatic N) is 1. The second-order valence-corrected chi connectivity index (χ2v) is 6.15. The minimum atomic E-state index is 0.196. The normalized spacial score (nSPS) is 14.3. The van der Waals surface area contributed by atoms with Gasteiger partial charge in [0.15, 0.2) is 0 Å². The Morgan fingerprint density at radius 1 is 1.35 bits per heavy atom. The SMILES string of the molecule is CCC(C)CN(CC)C(CN)c1cc(Br)ccc1OC. The van der Waals surface area contributed by atoms with Crippen LogP contribution in [0.3, 0.4) is 0 Å². The van der Waals surface area contributed by atoms with Gasteiger partial charge in [-0.25, -0.2) is 0 Å². The topological polar surface area (TPSA) is 38.5 Å². The van der Waals surface area contributed by atoms with E-state index in [1.54, 1.807) is 7.11 Å². The highest BCUT2D eigenvalue weighted by molar-refractivity contribution is 9.10. The van der Waals surface area contributed by atoms with Gasteiger partial charge in [-0.2, -0.15) is 0 Å². The van der Waals surface area contributed by atoms with E-state index in [2.05, 4.69) is 47.7 Å². The first-order valence-electron chi connectivity index (χ1n) is 7.34. The number of nitrogens with two attached hydrogens (primary N) is 1. The number of methoxy groups -OCH3 is 1. The lowest BCUT2D eigenvalue weighted by Crippen LogP contribution is -2.36. The Balaban J connectivity index is 3.06. The van der Waals surface area contributed by atoms with Gasteiger partial charge in [0.25, 0.3) is 0 Å². The molecule has 0 saturated heterocycles. The minimum absolute atomic E-state index is 0.196. The largest absolute Gasteiger partial charge is 0.496 e. The van der Waals surface area contributed by atoms with E-state index < -0.39 is 0 Å². The van der Waals surface area contributed by atoms with Crippen molar-refractivity contribution in [2.24, 2.45) is 11.7 Å². The van der Waals surface area contributed by atoms with Crippen molar-refractivity contribution in [1.29, 1.82) is 0 Å². The van der Waals surface area contributed by atoms with Gasteiger partial charge in [0, 0.05) is 23.1 Å². The second-order valence-electron chi connectivity index (χ2n) is 5.24. The molecule has 0 heterocycles. The lowest BCUT2D eigenvalue weighted by molar-refractivity contribution is 0.179. The van der Waals surface area contributed by atoms with Crippen molar-refractivity contribution < 1.29 is 4.74 Å². The molecular weight excluding hydrogens is 316 g/mol. The number of halogens is 1. The van der Waals surface area contributed by atoms with Crippen molar-refractivity contribution in [1.82, 2.24) is 4.90 Å². The second kappa shape index (κ2) is 8.65. The highest BCUT2D eigenvalue weighted by Crippen LogP contribution is 2.32. The highest BCUT2D eigenvalue weighted by Gasteiger charge is 2.22. The van der Waals surface area contributed by atoms with Crippen molar-refractivity contribution >= 4 is 15.9 Å². The lowest BCUT2D eigenvalue weighted by atomic mass is 10.0. The maximum absolute atomic E-state index is 6.06. The van der Waals surface area contributed by atoms with Crippen molar-refractivity contribution in [3.63, 3.8) is 0 Å². The summed E-state index contributed by atoms with van der Waals surface area (Å²) in [5.41, 5.74) is 7.22. The standard InChI is InChI=1S/C16H27BrN2O/c1-5-12(3)11-19(6-2)15(10-18)14-9-13(17)7-8-16(14)20-4/h7-9,12,15H,5-6,10-11,18H2,1-4H3. The number of rotatable bonds is 8. The van der Waals surface area contributed by atoms with Crippen LogP contribution >= 0.6 is 15.9 Å². The van der Waals surface area contributed by atoms with Gasteiger partial charge in [-0.1, -0.05) is 43.1 Å². The number of hydrogen-bond donors (Lipinski definition) is 1. The van der Waals surface area contributed by atoms with Crippen LogP contribution in [-0.2, 0) is 0 Å². The zero-order valence-electron chi connectivity index (χ0n) is 13.0. The molecule has 2 atom stereocenters. The molecule has 0 aromatic heterocycles. The Morgan fingerprint density at radius 3 is 2.55 bits per heavy atom. The maximum Gasteiger partial charge on any atom is 0.123 e. The van der Waals surface area contributed by atoms with Crippen LogP contribution < -0.4 is 10.5 Å². The summed E-state index contributed by atoms with van der Waals surface area (Å²) < 4.78 is 6.57. The molecule has 0 amide bonds. The number of ether oxygens (including phenoxy) is 1. The fourth-order valence-electron chi connectivity index (χ4n) is 2.44. The molecule has 0 aliphatic rings. The minimum Gasteiger partial charge on any atom is -0.496 e. The van der Waals surface area contributed by atoms with Gasteiger partial charge in [0.05, 0.1) is 13.2 Å². The summed E-state index contributed by atoms with van der Waals surface area (Å²) in [6.45, 7) is 9.35. The summed E-state index contributed by atoms with van der Waals surface area (Å²) in [6, 6.07) is 6.32. The molecule has 20 heavy (non-hydrogen) atoms. The van der Waals surface area contributed by atoms with Gasteiger partial charge in [-0.15, -0.1) is 0 Å². The maximum atomic E-state index is 6.06. The third-order valence-electron chi connectivity index (χ3n) is 3.86. The van der Waals surface area contributed by atoms with Gasteiger partial charge >= 0.3 is 0 Å². The van der Waals surface area contributed by atoms with Crippen molar-refractivity contribution in [3.05, 3.63) is 28.2 Å². The Morgan fingerprint density at radius 2 is 2.05 bits per heavy atom. The predicted molar refractivity (Wildman–Crippen MR) is 89.2 cm³/mol. The molecular formula is C16H27BrN2O. The van der Waals surface area contributed by atoms with Crippen LogP contribution in [0.1, 0.15) is 38.8 Å². The molecule has 3 nitrogen and oxygen atoms in total. The smallest absolute Gasteiger partial charge is 0.123 e. The van der Waals surface area contributed by atoms with Crippen molar-refractivity contribution in [2.75, 3.05) is 26.7 Å². The van der Waals surface area contributed by atoms with E-state index in [4.69, 9.17) is 10.5 Å². The van der Waals surface area contributed by atoms with E-state index in [9.17, 15) is 0 Å².